The number of carbonyl (C=O) groups is 1. The normalized spacial score (nSPS) is 23.9. The molecule has 1 saturated heterocycles. The number of halogens is 1. The number of carbonyl (C=O) groups excluding carboxylic acids is 1. The van der Waals surface area contributed by atoms with Gasteiger partial charge >= 0.3 is 0 Å². The average Bonchev–Trinajstić information content (AvgIpc) is 2.41. The summed E-state index contributed by atoms with van der Waals surface area (Å²) >= 11 is 0. The quantitative estimate of drug-likeness (QED) is 0.828. The molecule has 1 aliphatic rings. The van der Waals surface area contributed by atoms with Crippen molar-refractivity contribution in [1.29, 1.82) is 0 Å². The highest BCUT2D eigenvalue weighted by Crippen LogP contribution is 2.23. The van der Waals surface area contributed by atoms with Crippen molar-refractivity contribution < 1.29 is 9.18 Å². The zero-order valence-electron chi connectivity index (χ0n) is 11.0. The molecule has 1 unspecified atom stereocenters. The third-order valence-electron chi connectivity index (χ3n) is 3.29. The van der Waals surface area contributed by atoms with Crippen molar-refractivity contribution >= 4 is 11.6 Å². The van der Waals surface area contributed by atoms with Crippen LogP contribution in [0.15, 0.2) is 24.3 Å². The van der Waals surface area contributed by atoms with E-state index in [0.29, 0.717) is 18.2 Å². The second kappa shape index (κ2) is 4.69. The summed E-state index contributed by atoms with van der Waals surface area (Å²) in [4.78, 5) is 14.1. The van der Waals surface area contributed by atoms with Gasteiger partial charge in [-0.3, -0.25) is 4.79 Å². The monoisotopic (exact) mass is 250 g/mol. The predicted octanol–water partition coefficient (Wildman–Crippen LogP) is 2.18. The van der Waals surface area contributed by atoms with Gasteiger partial charge in [-0.25, -0.2) is 4.39 Å². The molecule has 1 fully saturated rings. The van der Waals surface area contributed by atoms with Gasteiger partial charge in [-0.2, -0.15) is 0 Å². The Morgan fingerprint density at radius 3 is 2.83 bits per heavy atom. The van der Waals surface area contributed by atoms with E-state index in [-0.39, 0.29) is 11.7 Å². The summed E-state index contributed by atoms with van der Waals surface area (Å²) in [5.41, 5.74) is 0.0143. The maximum Gasteiger partial charge on any atom is 0.246 e. The molecule has 18 heavy (non-hydrogen) atoms. The van der Waals surface area contributed by atoms with Gasteiger partial charge in [-0.1, -0.05) is 13.0 Å². The van der Waals surface area contributed by atoms with Gasteiger partial charge in [0.2, 0.25) is 5.91 Å². The number of rotatable bonds is 1. The molecule has 0 bridgehead atoms. The van der Waals surface area contributed by atoms with Crippen molar-refractivity contribution in [3.05, 3.63) is 30.1 Å². The van der Waals surface area contributed by atoms with Gasteiger partial charge in [-0.05, 0) is 38.0 Å². The van der Waals surface area contributed by atoms with Crippen LogP contribution in [0.2, 0.25) is 0 Å². The molecule has 1 heterocycles. The molecule has 2 rings (SSSR count). The van der Waals surface area contributed by atoms with Crippen molar-refractivity contribution in [2.45, 2.75) is 26.3 Å². The van der Waals surface area contributed by atoms with Crippen molar-refractivity contribution in [3.8, 4) is 0 Å². The predicted molar refractivity (Wildman–Crippen MR) is 70.0 cm³/mol. The molecule has 0 spiro atoms. The molecule has 0 aliphatic carbocycles. The Morgan fingerprint density at radius 2 is 2.17 bits per heavy atom. The van der Waals surface area contributed by atoms with Gasteiger partial charge in [0.05, 0.1) is 5.54 Å². The topological polar surface area (TPSA) is 32.3 Å². The van der Waals surface area contributed by atoms with Gasteiger partial charge in [-0.15, -0.1) is 0 Å². The average molecular weight is 250 g/mol. The van der Waals surface area contributed by atoms with E-state index in [1.165, 1.54) is 12.1 Å². The van der Waals surface area contributed by atoms with Crippen molar-refractivity contribution in [3.63, 3.8) is 0 Å². The van der Waals surface area contributed by atoms with Crippen LogP contribution in [0.25, 0.3) is 0 Å². The first-order valence-electron chi connectivity index (χ1n) is 6.23. The van der Waals surface area contributed by atoms with E-state index in [1.54, 1.807) is 17.0 Å². The summed E-state index contributed by atoms with van der Waals surface area (Å²) in [6.45, 7) is 7.19. The van der Waals surface area contributed by atoms with Crippen molar-refractivity contribution in [2.24, 2.45) is 5.92 Å². The Labute approximate surface area is 107 Å². The maximum absolute atomic E-state index is 13.3. The lowest BCUT2D eigenvalue weighted by molar-refractivity contribution is -0.123. The third-order valence-corrected chi connectivity index (χ3v) is 3.29. The zero-order valence-corrected chi connectivity index (χ0v) is 11.0. The molecule has 0 aromatic heterocycles. The van der Waals surface area contributed by atoms with Crippen LogP contribution >= 0.6 is 0 Å². The van der Waals surface area contributed by atoms with E-state index >= 15 is 0 Å². The van der Waals surface area contributed by atoms with Crippen molar-refractivity contribution in [2.75, 3.05) is 18.0 Å². The highest BCUT2D eigenvalue weighted by atomic mass is 19.1. The lowest BCUT2D eigenvalue weighted by Gasteiger charge is -2.29. The summed E-state index contributed by atoms with van der Waals surface area (Å²) in [6.07, 6.45) is 0. The molecule has 1 amide bonds. The van der Waals surface area contributed by atoms with Crippen LogP contribution in [-0.2, 0) is 4.79 Å². The Kier molecular flexibility index (Phi) is 3.39. The first kappa shape index (κ1) is 13.0. The van der Waals surface area contributed by atoms with E-state index < -0.39 is 5.54 Å². The summed E-state index contributed by atoms with van der Waals surface area (Å²) in [6, 6.07) is 6.20. The van der Waals surface area contributed by atoms with Crippen LogP contribution in [0.1, 0.15) is 20.8 Å². The lowest BCUT2D eigenvalue weighted by Crippen LogP contribution is -2.51. The molecule has 1 aliphatic heterocycles. The first-order valence-corrected chi connectivity index (χ1v) is 6.23. The van der Waals surface area contributed by atoms with Crippen LogP contribution in [-0.4, -0.2) is 24.5 Å². The largest absolute Gasteiger partial charge is 0.310 e. The molecule has 4 heteroatoms. The van der Waals surface area contributed by atoms with E-state index in [4.69, 9.17) is 0 Å². The van der Waals surface area contributed by atoms with Crippen LogP contribution in [0.5, 0.6) is 0 Å². The molecule has 0 saturated carbocycles. The number of hydrogen-bond acceptors (Lipinski definition) is 2. The fraction of sp³-hybridized carbons (Fsp3) is 0.500. The Morgan fingerprint density at radius 1 is 1.44 bits per heavy atom. The minimum Gasteiger partial charge on any atom is -0.310 e. The number of amides is 1. The number of nitrogens with one attached hydrogen (secondary N) is 1. The van der Waals surface area contributed by atoms with Gasteiger partial charge in [0.15, 0.2) is 0 Å². The highest BCUT2D eigenvalue weighted by Gasteiger charge is 2.36. The van der Waals surface area contributed by atoms with Crippen LogP contribution in [0.4, 0.5) is 10.1 Å². The van der Waals surface area contributed by atoms with Crippen LogP contribution < -0.4 is 10.2 Å². The molecular weight excluding hydrogens is 231 g/mol. The number of anilines is 1. The molecule has 0 radical (unpaired) electrons. The highest BCUT2D eigenvalue weighted by molar-refractivity contribution is 6.00. The second-order valence-electron chi connectivity index (χ2n) is 5.51. The fourth-order valence-electron chi connectivity index (χ4n) is 2.17. The van der Waals surface area contributed by atoms with Gasteiger partial charge in [0.25, 0.3) is 0 Å². The Hall–Kier alpha value is -1.42. The summed E-state index contributed by atoms with van der Waals surface area (Å²) in [5, 5.41) is 3.25. The summed E-state index contributed by atoms with van der Waals surface area (Å²) in [7, 11) is 0. The van der Waals surface area contributed by atoms with Gasteiger partial charge in [0, 0.05) is 18.8 Å². The molecule has 3 nitrogen and oxygen atoms in total. The maximum atomic E-state index is 13.3. The Bertz CT molecular complexity index is 459. The van der Waals surface area contributed by atoms with Crippen LogP contribution in [0, 0.1) is 11.7 Å². The summed E-state index contributed by atoms with van der Waals surface area (Å²) < 4.78 is 13.3. The van der Waals surface area contributed by atoms with Crippen LogP contribution in [0.3, 0.4) is 0 Å². The van der Waals surface area contributed by atoms with E-state index in [2.05, 4.69) is 12.2 Å². The minimum atomic E-state index is -0.614. The summed E-state index contributed by atoms with van der Waals surface area (Å²) in [5.74, 6) is -0.000548. The minimum absolute atomic E-state index is 0.0162. The molecule has 1 atom stereocenters. The van der Waals surface area contributed by atoms with Gasteiger partial charge in [0.1, 0.15) is 5.82 Å². The van der Waals surface area contributed by atoms with E-state index in [0.717, 1.165) is 6.54 Å². The first-order chi connectivity index (χ1) is 8.40. The molecule has 1 N–H and O–H groups in total. The lowest BCUT2D eigenvalue weighted by atomic mass is 10.0. The number of nitrogens with zero attached hydrogens (tertiary/aromatic N) is 1. The molecule has 1 aromatic rings. The van der Waals surface area contributed by atoms with Gasteiger partial charge < -0.3 is 10.2 Å². The second-order valence-corrected chi connectivity index (χ2v) is 5.51. The number of hydrogen-bond donors (Lipinski definition) is 1. The molecule has 98 valence electrons. The Balaban J connectivity index is 2.37. The smallest absolute Gasteiger partial charge is 0.246 e. The third kappa shape index (κ3) is 2.53. The standard InChI is InChI=1S/C14H19FN2O/c1-10-8-16-14(2,3)13(18)17(9-10)12-6-4-5-11(15)7-12/h4-7,10,16H,8-9H2,1-3H3. The van der Waals surface area contributed by atoms with E-state index in [9.17, 15) is 9.18 Å². The fourth-order valence-corrected chi connectivity index (χ4v) is 2.17. The number of benzene rings is 1. The zero-order chi connectivity index (χ0) is 13.3. The van der Waals surface area contributed by atoms with Crippen molar-refractivity contribution in [1.82, 2.24) is 5.32 Å². The SMILES string of the molecule is CC1CNC(C)(C)C(=O)N(c2cccc(F)c2)C1. The molecule has 1 aromatic carbocycles. The van der Waals surface area contributed by atoms with E-state index in [1.807, 2.05) is 13.8 Å². The molecular formula is C14H19FN2O.